The molecule has 0 spiro atoms. The topological polar surface area (TPSA) is 88.6 Å². The summed E-state index contributed by atoms with van der Waals surface area (Å²) in [7, 11) is 0. The molecule has 2 amide bonds. The maximum absolute atomic E-state index is 14.2. The Kier molecular flexibility index (Phi) is 7.22. The van der Waals surface area contributed by atoms with E-state index >= 15 is 0 Å². The molecule has 1 aliphatic rings. The molecule has 2 atom stereocenters. The molecule has 0 saturated heterocycles. The van der Waals surface area contributed by atoms with Crippen LogP contribution in [0.2, 0.25) is 0 Å². The molecule has 3 rings (SSSR count). The van der Waals surface area contributed by atoms with Crippen molar-refractivity contribution >= 4 is 18.3 Å². The van der Waals surface area contributed by atoms with Crippen molar-refractivity contribution in [3.8, 4) is 0 Å². The predicted molar refractivity (Wildman–Crippen MR) is 116 cm³/mol. The molecule has 1 aromatic heterocycles. The quantitative estimate of drug-likeness (QED) is 0.696. The van der Waals surface area contributed by atoms with Crippen LogP contribution in [0, 0.1) is 5.82 Å². The summed E-state index contributed by atoms with van der Waals surface area (Å²) in [5.74, 6) is -0.719. The second-order valence-corrected chi connectivity index (χ2v) is 8.92. The van der Waals surface area contributed by atoms with E-state index in [1.807, 2.05) is 6.07 Å². The number of carbonyl (C=O) groups is 3. The summed E-state index contributed by atoms with van der Waals surface area (Å²) in [5.41, 5.74) is 1.52. The third-order valence-corrected chi connectivity index (χ3v) is 5.22. The van der Waals surface area contributed by atoms with Crippen LogP contribution in [-0.4, -0.2) is 45.9 Å². The maximum atomic E-state index is 14.2. The molecule has 0 radical (unpaired) electrons. The van der Waals surface area contributed by atoms with Crippen molar-refractivity contribution in [1.29, 1.82) is 0 Å². The molecule has 1 aromatic carbocycles. The molecule has 0 bridgehead atoms. The van der Waals surface area contributed by atoms with Crippen molar-refractivity contribution in [1.82, 2.24) is 15.2 Å². The van der Waals surface area contributed by atoms with Gasteiger partial charge in [-0.05, 0) is 56.0 Å². The number of amides is 2. The molecule has 2 heterocycles. The lowest BCUT2D eigenvalue weighted by Crippen LogP contribution is -2.48. The zero-order chi connectivity index (χ0) is 23.3. The number of ether oxygens (including phenoxy) is 1. The third-order valence-electron chi connectivity index (χ3n) is 5.22. The Balaban J connectivity index is 1.78. The number of hydrogen-bond donors (Lipinski definition) is 1. The first-order chi connectivity index (χ1) is 15.2. The Hall–Kier alpha value is -3.29. The molecule has 7 nitrogen and oxygen atoms in total. The van der Waals surface area contributed by atoms with Crippen molar-refractivity contribution in [3.05, 3.63) is 65.2 Å². The summed E-state index contributed by atoms with van der Waals surface area (Å²) in [6.07, 6.45) is 3.81. The van der Waals surface area contributed by atoms with Gasteiger partial charge in [-0.25, -0.2) is 9.18 Å². The van der Waals surface area contributed by atoms with Gasteiger partial charge in [0.1, 0.15) is 17.7 Å². The fourth-order valence-corrected chi connectivity index (χ4v) is 3.73. The van der Waals surface area contributed by atoms with Gasteiger partial charge in [-0.3, -0.25) is 9.78 Å². The first-order valence-electron chi connectivity index (χ1n) is 10.6. The van der Waals surface area contributed by atoms with Crippen molar-refractivity contribution in [2.45, 2.75) is 64.3 Å². The number of aldehydes is 1. The minimum Gasteiger partial charge on any atom is -0.444 e. The van der Waals surface area contributed by atoms with Gasteiger partial charge in [0, 0.05) is 37.8 Å². The average molecular weight is 442 g/mol. The first-order valence-corrected chi connectivity index (χ1v) is 10.6. The number of alkyl carbamates (subject to hydrolysis) is 1. The van der Waals surface area contributed by atoms with Crippen LogP contribution in [0.5, 0.6) is 0 Å². The fraction of sp³-hybridized carbons (Fsp3) is 0.417. The van der Waals surface area contributed by atoms with Crippen LogP contribution in [-0.2, 0) is 33.7 Å². The largest absolute Gasteiger partial charge is 0.444 e. The van der Waals surface area contributed by atoms with Crippen molar-refractivity contribution in [2.24, 2.45) is 0 Å². The minimum atomic E-state index is -0.718. The van der Waals surface area contributed by atoms with E-state index in [4.69, 9.17) is 4.74 Å². The molecule has 2 unspecified atom stereocenters. The third kappa shape index (κ3) is 6.12. The summed E-state index contributed by atoms with van der Waals surface area (Å²) < 4.78 is 19.6. The average Bonchev–Trinajstić information content (AvgIpc) is 2.72. The van der Waals surface area contributed by atoms with E-state index < -0.39 is 29.6 Å². The van der Waals surface area contributed by atoms with Gasteiger partial charge < -0.3 is 19.7 Å². The zero-order valence-electron chi connectivity index (χ0n) is 18.5. The molecule has 170 valence electrons. The van der Waals surface area contributed by atoms with Crippen LogP contribution in [0.1, 0.15) is 43.9 Å². The Morgan fingerprint density at radius 2 is 2.03 bits per heavy atom. The highest BCUT2D eigenvalue weighted by Gasteiger charge is 2.32. The van der Waals surface area contributed by atoms with E-state index in [1.165, 1.54) is 11.0 Å². The fourth-order valence-electron chi connectivity index (χ4n) is 3.73. The van der Waals surface area contributed by atoms with E-state index in [2.05, 4.69) is 10.3 Å². The second kappa shape index (κ2) is 9.89. The molecule has 32 heavy (non-hydrogen) atoms. The van der Waals surface area contributed by atoms with E-state index in [0.29, 0.717) is 12.0 Å². The van der Waals surface area contributed by atoms with E-state index in [9.17, 15) is 18.8 Å². The van der Waals surface area contributed by atoms with Crippen molar-refractivity contribution in [3.63, 3.8) is 0 Å². The van der Waals surface area contributed by atoms with Crippen molar-refractivity contribution < 1.29 is 23.5 Å². The van der Waals surface area contributed by atoms with E-state index in [1.54, 1.807) is 51.4 Å². The predicted octanol–water partition coefficient (Wildman–Crippen LogP) is 3.20. The molecule has 8 heteroatoms. The molecular formula is C24H28FN3O4. The van der Waals surface area contributed by atoms with Gasteiger partial charge in [0.05, 0.1) is 6.04 Å². The zero-order valence-corrected chi connectivity index (χ0v) is 18.5. The highest BCUT2D eigenvalue weighted by atomic mass is 19.1. The van der Waals surface area contributed by atoms with Crippen LogP contribution in [0.25, 0.3) is 0 Å². The lowest BCUT2D eigenvalue weighted by Gasteiger charge is -2.34. The number of fused-ring (bicyclic) bond motifs is 1. The van der Waals surface area contributed by atoms with Crippen LogP contribution in [0.15, 0.2) is 42.7 Å². The highest BCUT2D eigenvalue weighted by Crippen LogP contribution is 2.23. The number of halogens is 1. The van der Waals surface area contributed by atoms with Gasteiger partial charge in [0.2, 0.25) is 5.91 Å². The van der Waals surface area contributed by atoms with Gasteiger partial charge >= 0.3 is 6.09 Å². The summed E-state index contributed by atoms with van der Waals surface area (Å²) >= 11 is 0. The van der Waals surface area contributed by atoms with Gasteiger partial charge in [-0.15, -0.1) is 0 Å². The first kappa shape index (κ1) is 23.4. The van der Waals surface area contributed by atoms with Crippen LogP contribution in [0.4, 0.5) is 9.18 Å². The number of nitrogens with one attached hydrogen (secondary N) is 1. The molecule has 1 aliphatic heterocycles. The SMILES string of the molecule is CC(C)(C)OC(=O)NC(CC(=O)N1Cc2ccncc2CC1C=O)Cc1ccccc1F. The van der Waals surface area contributed by atoms with Crippen LogP contribution >= 0.6 is 0 Å². The minimum absolute atomic E-state index is 0.0989. The van der Waals surface area contributed by atoms with Gasteiger partial charge in [-0.2, -0.15) is 0 Å². The molecular weight excluding hydrogens is 413 g/mol. The Bertz CT molecular complexity index is 989. The summed E-state index contributed by atoms with van der Waals surface area (Å²) in [4.78, 5) is 42.8. The highest BCUT2D eigenvalue weighted by molar-refractivity contribution is 5.82. The maximum Gasteiger partial charge on any atom is 0.407 e. The number of benzene rings is 1. The number of aromatic nitrogens is 1. The molecule has 0 aliphatic carbocycles. The van der Waals surface area contributed by atoms with Gasteiger partial charge in [0.25, 0.3) is 0 Å². The van der Waals surface area contributed by atoms with E-state index in [0.717, 1.165) is 17.4 Å². The number of pyridine rings is 1. The molecule has 0 saturated carbocycles. The summed E-state index contributed by atoms with van der Waals surface area (Å²) in [6, 6.07) is 6.72. The molecule has 2 aromatic rings. The standard InChI is InChI=1S/C24H28FN3O4/c1-24(2,3)32-23(31)27-19(10-16-6-4-5-7-21(16)25)12-22(30)28-14-17-8-9-26-13-18(17)11-20(28)15-29/h4-9,13,15,19-20H,10-12,14H2,1-3H3,(H,27,31). The number of rotatable bonds is 6. The van der Waals surface area contributed by atoms with Crippen LogP contribution < -0.4 is 5.32 Å². The number of nitrogens with zero attached hydrogens (tertiary/aromatic N) is 2. The lowest BCUT2D eigenvalue weighted by molar-refractivity contribution is -0.138. The summed E-state index contributed by atoms with van der Waals surface area (Å²) in [6.45, 7) is 5.48. The smallest absolute Gasteiger partial charge is 0.407 e. The number of carbonyl (C=O) groups excluding carboxylic acids is 3. The number of hydrogen-bond acceptors (Lipinski definition) is 5. The summed E-state index contributed by atoms with van der Waals surface area (Å²) in [5, 5.41) is 2.70. The Labute approximate surface area is 187 Å². The van der Waals surface area contributed by atoms with Gasteiger partial charge in [0.15, 0.2) is 0 Å². The lowest BCUT2D eigenvalue weighted by atomic mass is 9.95. The Morgan fingerprint density at radius 1 is 1.28 bits per heavy atom. The van der Waals surface area contributed by atoms with Gasteiger partial charge in [-0.1, -0.05) is 18.2 Å². The molecule has 0 fully saturated rings. The van der Waals surface area contributed by atoms with E-state index in [-0.39, 0.29) is 25.3 Å². The second-order valence-electron chi connectivity index (χ2n) is 8.92. The monoisotopic (exact) mass is 441 g/mol. The normalized spacial score (nSPS) is 16.6. The Morgan fingerprint density at radius 3 is 2.72 bits per heavy atom. The molecule has 1 N–H and O–H groups in total. The van der Waals surface area contributed by atoms with Crippen molar-refractivity contribution in [2.75, 3.05) is 0 Å². The van der Waals surface area contributed by atoms with Crippen LogP contribution in [0.3, 0.4) is 0 Å².